The highest BCUT2D eigenvalue weighted by molar-refractivity contribution is 5.14. The minimum Gasteiger partial charge on any atom is -0.376 e. The number of hydrogen-bond acceptors (Lipinski definition) is 1. The Hall–Kier alpha value is -1.29. The molecule has 1 nitrogen and oxygen atoms in total. The lowest BCUT2D eigenvalue weighted by molar-refractivity contribution is -0.0800. The van der Waals surface area contributed by atoms with E-state index in [1.165, 1.54) is 0 Å². The first-order chi connectivity index (χ1) is 7.97. The summed E-state index contributed by atoms with van der Waals surface area (Å²) >= 11 is 0. The smallest absolute Gasteiger partial charge is 0.376 e. The van der Waals surface area contributed by atoms with E-state index in [0.29, 0.717) is 12.5 Å². The van der Waals surface area contributed by atoms with Crippen LogP contribution in [0.25, 0.3) is 0 Å². The molecule has 0 fully saturated rings. The fourth-order valence-corrected chi connectivity index (χ4v) is 1.19. The standard InChI is InChI=1S/C13H14F3O/c1-11(7-8-13(14,15)16)9-17-10-12-5-3-2-4-6-12/h2-8H,9-10H2,1H3. The number of ether oxygens (including phenoxy) is 1. The molecule has 0 atom stereocenters. The van der Waals surface area contributed by atoms with Crippen molar-refractivity contribution in [3.05, 3.63) is 54.0 Å². The van der Waals surface area contributed by atoms with Gasteiger partial charge in [0, 0.05) is 12.0 Å². The van der Waals surface area contributed by atoms with Gasteiger partial charge in [-0.1, -0.05) is 43.3 Å². The molecule has 1 radical (unpaired) electrons. The quantitative estimate of drug-likeness (QED) is 0.761. The molecule has 0 amide bonds. The lowest BCUT2D eigenvalue weighted by Crippen LogP contribution is -2.05. The average molecular weight is 243 g/mol. The van der Waals surface area contributed by atoms with Gasteiger partial charge in [0.2, 0.25) is 0 Å². The normalized spacial score (nSPS) is 12.5. The SMILES string of the molecule is C[C](C=CC(F)(F)F)COCc1ccccc1. The van der Waals surface area contributed by atoms with Crippen molar-refractivity contribution < 1.29 is 17.9 Å². The Morgan fingerprint density at radius 1 is 1.24 bits per heavy atom. The van der Waals surface area contributed by atoms with Crippen LogP contribution in [-0.2, 0) is 11.3 Å². The monoisotopic (exact) mass is 243 g/mol. The van der Waals surface area contributed by atoms with Crippen molar-refractivity contribution in [3.8, 4) is 0 Å². The van der Waals surface area contributed by atoms with Crippen molar-refractivity contribution in [2.45, 2.75) is 19.7 Å². The van der Waals surface area contributed by atoms with Crippen LogP contribution in [0.2, 0.25) is 0 Å². The molecule has 17 heavy (non-hydrogen) atoms. The predicted octanol–water partition coefficient (Wildman–Crippen LogP) is 3.92. The van der Waals surface area contributed by atoms with Gasteiger partial charge in [0.15, 0.2) is 0 Å². The van der Waals surface area contributed by atoms with E-state index >= 15 is 0 Å². The van der Waals surface area contributed by atoms with Gasteiger partial charge in [-0.25, -0.2) is 0 Å². The highest BCUT2D eigenvalue weighted by Gasteiger charge is 2.22. The summed E-state index contributed by atoms with van der Waals surface area (Å²) in [6, 6.07) is 9.48. The van der Waals surface area contributed by atoms with Crippen molar-refractivity contribution in [2.24, 2.45) is 0 Å². The minimum absolute atomic E-state index is 0.196. The van der Waals surface area contributed by atoms with E-state index in [9.17, 15) is 13.2 Å². The molecule has 0 saturated heterocycles. The highest BCUT2D eigenvalue weighted by atomic mass is 19.4. The van der Waals surface area contributed by atoms with Gasteiger partial charge in [-0.05, 0) is 5.56 Å². The summed E-state index contributed by atoms with van der Waals surface area (Å²) < 4.78 is 40.9. The van der Waals surface area contributed by atoms with E-state index in [0.717, 1.165) is 11.6 Å². The molecule has 1 aromatic rings. The number of allylic oxidation sites excluding steroid dienone is 1. The molecule has 0 aliphatic carbocycles. The maximum Gasteiger partial charge on any atom is 0.409 e. The second-order valence-corrected chi connectivity index (χ2v) is 3.70. The van der Waals surface area contributed by atoms with Crippen molar-refractivity contribution in [2.75, 3.05) is 6.61 Å². The van der Waals surface area contributed by atoms with E-state index in [4.69, 9.17) is 4.74 Å². The molecule has 0 spiro atoms. The molecule has 1 aromatic carbocycles. The van der Waals surface area contributed by atoms with Gasteiger partial charge in [-0.15, -0.1) is 0 Å². The fraction of sp³-hybridized carbons (Fsp3) is 0.308. The Morgan fingerprint density at radius 3 is 2.47 bits per heavy atom. The molecule has 0 unspecified atom stereocenters. The fourth-order valence-electron chi connectivity index (χ4n) is 1.19. The van der Waals surface area contributed by atoms with Crippen LogP contribution < -0.4 is 0 Å². The van der Waals surface area contributed by atoms with E-state index in [1.807, 2.05) is 30.3 Å². The lowest BCUT2D eigenvalue weighted by Gasteiger charge is -2.08. The second-order valence-electron chi connectivity index (χ2n) is 3.70. The van der Waals surface area contributed by atoms with Crippen LogP contribution in [0.1, 0.15) is 12.5 Å². The van der Waals surface area contributed by atoms with Crippen molar-refractivity contribution >= 4 is 0 Å². The first kappa shape index (κ1) is 13.8. The molecule has 93 valence electrons. The third kappa shape index (κ3) is 6.79. The summed E-state index contributed by atoms with van der Waals surface area (Å²) in [5.41, 5.74) is 1.00. The zero-order valence-corrected chi connectivity index (χ0v) is 9.50. The molecular weight excluding hydrogens is 229 g/mol. The molecule has 4 heteroatoms. The van der Waals surface area contributed by atoms with Crippen LogP contribution in [0.15, 0.2) is 42.5 Å². The van der Waals surface area contributed by atoms with E-state index < -0.39 is 6.18 Å². The molecule has 0 heterocycles. The Balaban J connectivity index is 2.25. The molecule has 1 rings (SSSR count). The van der Waals surface area contributed by atoms with Crippen LogP contribution in [0.5, 0.6) is 0 Å². The Kier molecular flexibility index (Phi) is 5.22. The van der Waals surface area contributed by atoms with Crippen molar-refractivity contribution in [3.63, 3.8) is 0 Å². The van der Waals surface area contributed by atoms with E-state index in [1.54, 1.807) is 6.92 Å². The van der Waals surface area contributed by atoms with Crippen LogP contribution in [-0.4, -0.2) is 12.8 Å². The highest BCUT2D eigenvalue weighted by Crippen LogP contribution is 2.18. The maximum absolute atomic E-state index is 11.9. The maximum atomic E-state index is 11.9. The lowest BCUT2D eigenvalue weighted by atomic mass is 10.2. The molecule has 0 aliphatic rings. The first-order valence-electron chi connectivity index (χ1n) is 5.17. The Bertz CT molecular complexity index is 343. The van der Waals surface area contributed by atoms with Crippen LogP contribution in [0.4, 0.5) is 13.2 Å². The van der Waals surface area contributed by atoms with Gasteiger partial charge in [0.1, 0.15) is 0 Å². The molecular formula is C13H14F3O. The zero-order valence-electron chi connectivity index (χ0n) is 9.50. The van der Waals surface area contributed by atoms with Gasteiger partial charge < -0.3 is 4.74 Å². The number of rotatable bonds is 5. The summed E-state index contributed by atoms with van der Waals surface area (Å²) in [5.74, 6) is 0.540. The number of benzene rings is 1. The summed E-state index contributed by atoms with van der Waals surface area (Å²) in [6.45, 7) is 2.20. The predicted molar refractivity (Wildman–Crippen MR) is 60.2 cm³/mol. The largest absolute Gasteiger partial charge is 0.409 e. The van der Waals surface area contributed by atoms with Gasteiger partial charge >= 0.3 is 6.18 Å². The minimum atomic E-state index is -4.26. The molecule has 0 aromatic heterocycles. The molecule has 0 bridgehead atoms. The molecule has 0 N–H and O–H groups in total. The zero-order chi connectivity index (χ0) is 12.7. The van der Waals surface area contributed by atoms with E-state index in [2.05, 4.69) is 0 Å². The number of alkyl halides is 3. The third-order valence-electron chi connectivity index (χ3n) is 2.00. The number of halogens is 3. The molecule has 0 aliphatic heterocycles. The van der Waals surface area contributed by atoms with E-state index in [-0.39, 0.29) is 12.7 Å². The van der Waals surface area contributed by atoms with Gasteiger partial charge in [-0.3, -0.25) is 0 Å². The topological polar surface area (TPSA) is 9.23 Å². The van der Waals surface area contributed by atoms with Crippen molar-refractivity contribution in [1.82, 2.24) is 0 Å². The second kappa shape index (κ2) is 6.45. The first-order valence-corrected chi connectivity index (χ1v) is 5.17. The van der Waals surface area contributed by atoms with Crippen LogP contribution in [0, 0.1) is 5.92 Å². The van der Waals surface area contributed by atoms with Gasteiger partial charge in [-0.2, -0.15) is 13.2 Å². The summed E-state index contributed by atoms with van der Waals surface area (Å²) in [5, 5.41) is 0. The van der Waals surface area contributed by atoms with Crippen molar-refractivity contribution in [1.29, 1.82) is 0 Å². The Morgan fingerprint density at radius 2 is 1.88 bits per heavy atom. The third-order valence-corrected chi connectivity index (χ3v) is 2.00. The van der Waals surface area contributed by atoms with Crippen LogP contribution in [0.3, 0.4) is 0 Å². The Labute approximate surface area is 98.9 Å². The number of hydrogen-bond donors (Lipinski definition) is 0. The van der Waals surface area contributed by atoms with Gasteiger partial charge in [0.05, 0.1) is 13.2 Å². The summed E-state index contributed by atoms with van der Waals surface area (Å²) in [4.78, 5) is 0. The molecule has 0 saturated carbocycles. The van der Waals surface area contributed by atoms with Crippen LogP contribution >= 0.6 is 0 Å². The average Bonchev–Trinajstić information content (AvgIpc) is 2.27. The van der Waals surface area contributed by atoms with Gasteiger partial charge in [0.25, 0.3) is 0 Å². The summed E-state index contributed by atoms with van der Waals surface area (Å²) in [6.07, 6.45) is -3.01. The summed E-state index contributed by atoms with van der Waals surface area (Å²) in [7, 11) is 0.